The summed E-state index contributed by atoms with van der Waals surface area (Å²) in [5, 5.41) is 0. The normalized spacial score (nSPS) is 24.1. The van der Waals surface area contributed by atoms with Crippen LogP contribution in [0.25, 0.3) is 0 Å². The van der Waals surface area contributed by atoms with Crippen molar-refractivity contribution in [2.45, 2.75) is 24.9 Å². The quantitative estimate of drug-likeness (QED) is 0.867. The first kappa shape index (κ1) is 13.5. The zero-order chi connectivity index (χ0) is 13.0. The lowest BCUT2D eigenvalue weighted by atomic mass is 9.98. The van der Waals surface area contributed by atoms with Crippen LogP contribution in [0.2, 0.25) is 0 Å². The fourth-order valence-electron chi connectivity index (χ4n) is 2.71. The molecule has 2 N–H and O–H groups in total. The van der Waals surface area contributed by atoms with E-state index in [9.17, 15) is 0 Å². The van der Waals surface area contributed by atoms with Crippen molar-refractivity contribution in [2.24, 2.45) is 5.73 Å². The van der Waals surface area contributed by atoms with Crippen LogP contribution in [0.3, 0.4) is 0 Å². The van der Waals surface area contributed by atoms with Gasteiger partial charge < -0.3 is 15.5 Å². The molecule has 3 nitrogen and oxygen atoms in total. The van der Waals surface area contributed by atoms with Crippen LogP contribution in [0.1, 0.15) is 12.0 Å². The van der Waals surface area contributed by atoms with Gasteiger partial charge in [-0.3, -0.25) is 0 Å². The smallest absolute Gasteiger partial charge is 0.0235 e. The fourth-order valence-corrected chi connectivity index (χ4v) is 2.71. The molecule has 1 aliphatic rings. The maximum Gasteiger partial charge on any atom is 0.0235 e. The summed E-state index contributed by atoms with van der Waals surface area (Å²) < 4.78 is 0. The Morgan fingerprint density at radius 2 is 1.94 bits per heavy atom. The Bertz CT molecular complexity index is 352. The van der Waals surface area contributed by atoms with E-state index in [1.54, 1.807) is 0 Å². The third-order valence-corrected chi connectivity index (χ3v) is 3.90. The molecule has 1 aromatic rings. The van der Waals surface area contributed by atoms with Crippen LogP contribution < -0.4 is 5.73 Å². The third-order valence-electron chi connectivity index (χ3n) is 3.90. The van der Waals surface area contributed by atoms with Crippen LogP contribution in [0.5, 0.6) is 0 Å². The SMILES string of the molecule is CN1CCN(C)C(CC(N)Cc2ccccc2)C1. The molecule has 18 heavy (non-hydrogen) atoms. The highest BCUT2D eigenvalue weighted by atomic mass is 15.3. The first-order chi connectivity index (χ1) is 8.65. The zero-order valence-corrected chi connectivity index (χ0v) is 11.5. The van der Waals surface area contributed by atoms with Gasteiger partial charge in [-0.1, -0.05) is 30.3 Å². The molecule has 0 spiro atoms. The molecule has 2 rings (SSSR count). The monoisotopic (exact) mass is 247 g/mol. The van der Waals surface area contributed by atoms with Gasteiger partial charge in [0.05, 0.1) is 0 Å². The van der Waals surface area contributed by atoms with Crippen LogP contribution >= 0.6 is 0 Å². The number of likely N-dealkylation sites (N-methyl/N-ethyl adjacent to an activating group) is 2. The van der Waals surface area contributed by atoms with E-state index in [1.807, 2.05) is 0 Å². The standard InChI is InChI=1S/C15H25N3/c1-17-8-9-18(2)15(12-17)11-14(16)10-13-6-4-3-5-7-13/h3-7,14-15H,8-12,16H2,1-2H3. The molecule has 1 fully saturated rings. The Balaban J connectivity index is 1.85. The average Bonchev–Trinajstić information content (AvgIpc) is 2.35. The Morgan fingerprint density at radius 3 is 2.67 bits per heavy atom. The van der Waals surface area contributed by atoms with Crippen LogP contribution in [-0.4, -0.2) is 55.6 Å². The first-order valence-electron chi connectivity index (χ1n) is 6.83. The van der Waals surface area contributed by atoms with Gasteiger partial charge in [-0.25, -0.2) is 0 Å². The number of nitrogens with zero attached hydrogens (tertiary/aromatic N) is 2. The highest BCUT2D eigenvalue weighted by Gasteiger charge is 2.23. The van der Waals surface area contributed by atoms with Crippen molar-refractivity contribution in [1.82, 2.24) is 9.80 Å². The molecule has 100 valence electrons. The average molecular weight is 247 g/mol. The summed E-state index contributed by atoms with van der Waals surface area (Å²) in [6, 6.07) is 11.4. The molecule has 0 radical (unpaired) electrons. The molecule has 1 heterocycles. The van der Waals surface area contributed by atoms with Gasteiger partial charge >= 0.3 is 0 Å². The van der Waals surface area contributed by atoms with Crippen molar-refractivity contribution in [3.05, 3.63) is 35.9 Å². The van der Waals surface area contributed by atoms with Gasteiger partial charge in [0.1, 0.15) is 0 Å². The van der Waals surface area contributed by atoms with Crippen LogP contribution in [0.4, 0.5) is 0 Å². The van der Waals surface area contributed by atoms with E-state index >= 15 is 0 Å². The highest BCUT2D eigenvalue weighted by Crippen LogP contribution is 2.13. The van der Waals surface area contributed by atoms with E-state index in [0.717, 1.165) is 25.9 Å². The van der Waals surface area contributed by atoms with Gasteiger partial charge in [0.25, 0.3) is 0 Å². The predicted octanol–water partition coefficient (Wildman–Crippen LogP) is 1.19. The number of benzene rings is 1. The first-order valence-corrected chi connectivity index (χ1v) is 6.83. The van der Waals surface area contributed by atoms with Crippen molar-refractivity contribution < 1.29 is 0 Å². The van der Waals surface area contributed by atoms with E-state index in [4.69, 9.17) is 5.73 Å². The molecule has 0 amide bonds. The van der Waals surface area contributed by atoms with Gasteiger partial charge in [-0.15, -0.1) is 0 Å². The summed E-state index contributed by atoms with van der Waals surface area (Å²) >= 11 is 0. The van der Waals surface area contributed by atoms with Gasteiger partial charge in [0, 0.05) is 31.7 Å². The van der Waals surface area contributed by atoms with E-state index in [1.165, 1.54) is 12.1 Å². The molecule has 2 atom stereocenters. The van der Waals surface area contributed by atoms with Crippen molar-refractivity contribution in [2.75, 3.05) is 33.7 Å². The Hall–Kier alpha value is -0.900. The summed E-state index contributed by atoms with van der Waals surface area (Å²) in [4.78, 5) is 4.85. The highest BCUT2D eigenvalue weighted by molar-refractivity contribution is 5.15. The maximum absolute atomic E-state index is 6.30. The van der Waals surface area contributed by atoms with Crippen LogP contribution in [-0.2, 0) is 6.42 Å². The molecule has 3 heteroatoms. The van der Waals surface area contributed by atoms with E-state index in [-0.39, 0.29) is 6.04 Å². The Morgan fingerprint density at radius 1 is 1.22 bits per heavy atom. The molecular weight excluding hydrogens is 222 g/mol. The van der Waals surface area contributed by atoms with Gasteiger partial charge in [-0.2, -0.15) is 0 Å². The molecule has 0 saturated carbocycles. The van der Waals surface area contributed by atoms with Gasteiger partial charge in [-0.05, 0) is 32.5 Å². The lowest BCUT2D eigenvalue weighted by Crippen LogP contribution is -2.51. The molecular formula is C15H25N3. The van der Waals surface area contributed by atoms with Gasteiger partial charge in [0.2, 0.25) is 0 Å². The maximum atomic E-state index is 6.30. The summed E-state index contributed by atoms with van der Waals surface area (Å²) in [6.07, 6.45) is 2.06. The number of hydrogen-bond acceptors (Lipinski definition) is 3. The second kappa shape index (κ2) is 6.32. The van der Waals surface area contributed by atoms with E-state index < -0.39 is 0 Å². The minimum atomic E-state index is 0.256. The molecule has 0 aliphatic carbocycles. The topological polar surface area (TPSA) is 32.5 Å². The Kier molecular flexibility index (Phi) is 4.75. The number of nitrogens with two attached hydrogens (primary N) is 1. The summed E-state index contributed by atoms with van der Waals surface area (Å²) in [6.45, 7) is 3.46. The second-order valence-electron chi connectivity index (χ2n) is 5.58. The summed E-state index contributed by atoms with van der Waals surface area (Å²) in [5.41, 5.74) is 7.64. The van der Waals surface area contributed by atoms with Crippen molar-refractivity contribution in [3.63, 3.8) is 0 Å². The summed E-state index contributed by atoms with van der Waals surface area (Å²) in [7, 11) is 4.41. The van der Waals surface area contributed by atoms with E-state index in [2.05, 4.69) is 54.2 Å². The Labute approximate surface area is 111 Å². The fraction of sp³-hybridized carbons (Fsp3) is 0.600. The van der Waals surface area contributed by atoms with Crippen LogP contribution in [0, 0.1) is 0 Å². The third kappa shape index (κ3) is 3.80. The lowest BCUT2D eigenvalue weighted by molar-refractivity contribution is 0.104. The number of rotatable bonds is 4. The molecule has 0 bridgehead atoms. The summed E-state index contributed by atoms with van der Waals surface area (Å²) in [5.74, 6) is 0. The minimum absolute atomic E-state index is 0.256. The van der Waals surface area contributed by atoms with E-state index in [0.29, 0.717) is 6.04 Å². The zero-order valence-electron chi connectivity index (χ0n) is 11.5. The van der Waals surface area contributed by atoms with Crippen molar-refractivity contribution in [3.8, 4) is 0 Å². The molecule has 1 aliphatic heterocycles. The number of piperazine rings is 1. The second-order valence-corrected chi connectivity index (χ2v) is 5.58. The van der Waals surface area contributed by atoms with Crippen LogP contribution in [0.15, 0.2) is 30.3 Å². The molecule has 1 aromatic carbocycles. The largest absolute Gasteiger partial charge is 0.327 e. The lowest BCUT2D eigenvalue weighted by Gasteiger charge is -2.38. The molecule has 1 saturated heterocycles. The predicted molar refractivity (Wildman–Crippen MR) is 76.7 cm³/mol. The van der Waals surface area contributed by atoms with Crippen molar-refractivity contribution in [1.29, 1.82) is 0 Å². The molecule has 2 unspecified atom stereocenters. The minimum Gasteiger partial charge on any atom is -0.327 e. The van der Waals surface area contributed by atoms with Crippen molar-refractivity contribution >= 4 is 0 Å². The number of hydrogen-bond donors (Lipinski definition) is 1. The van der Waals surface area contributed by atoms with Gasteiger partial charge in [0.15, 0.2) is 0 Å². The molecule has 0 aromatic heterocycles.